The van der Waals surface area contributed by atoms with Crippen LogP contribution in [-0.2, 0) is 9.47 Å². The second-order valence-electron chi connectivity index (χ2n) is 6.37. The maximum atomic E-state index is 11.7. The summed E-state index contributed by atoms with van der Waals surface area (Å²) in [7, 11) is 0. The van der Waals surface area contributed by atoms with E-state index < -0.39 is 6.09 Å². The van der Waals surface area contributed by atoms with Crippen LogP contribution in [0.3, 0.4) is 0 Å². The van der Waals surface area contributed by atoms with Crippen molar-refractivity contribution in [3.05, 3.63) is 24.3 Å². The molecule has 128 valence electrons. The molecule has 1 heterocycles. The molecule has 1 atom stereocenters. The van der Waals surface area contributed by atoms with Gasteiger partial charge < -0.3 is 14.2 Å². The van der Waals surface area contributed by atoms with Gasteiger partial charge in [-0.2, -0.15) is 0 Å². The van der Waals surface area contributed by atoms with Gasteiger partial charge in [-0.1, -0.05) is 26.2 Å². The van der Waals surface area contributed by atoms with Gasteiger partial charge in [0, 0.05) is 5.69 Å². The lowest BCUT2D eigenvalue weighted by Gasteiger charge is -2.24. The molecule has 1 aliphatic heterocycles. The first-order chi connectivity index (χ1) is 11.0. The third-order valence-electron chi connectivity index (χ3n) is 3.82. The molecule has 2 rings (SSSR count). The topological polar surface area (TPSA) is 60.1 Å². The SMILES string of the molecule is CCCCCCOC(=O)Nc1ccc(OC(C)(C)C2CO2)cc1. The number of hydrogen-bond acceptors (Lipinski definition) is 4. The van der Waals surface area contributed by atoms with Crippen LogP contribution < -0.4 is 10.1 Å². The second-order valence-corrected chi connectivity index (χ2v) is 6.37. The first kappa shape index (κ1) is 17.6. The number of amides is 1. The second kappa shape index (κ2) is 8.20. The highest BCUT2D eigenvalue weighted by atomic mass is 16.6. The van der Waals surface area contributed by atoms with Crippen LogP contribution in [0.1, 0.15) is 46.5 Å². The molecule has 1 amide bonds. The molecule has 0 aromatic heterocycles. The predicted molar refractivity (Wildman–Crippen MR) is 90.0 cm³/mol. The molecular weight excluding hydrogens is 294 g/mol. The van der Waals surface area contributed by atoms with Crippen LogP contribution in [0.4, 0.5) is 10.5 Å². The average Bonchev–Trinajstić information content (AvgIpc) is 3.34. The molecule has 0 radical (unpaired) electrons. The Hall–Kier alpha value is -1.75. The zero-order chi connectivity index (χ0) is 16.7. The summed E-state index contributed by atoms with van der Waals surface area (Å²) < 4.78 is 16.3. The van der Waals surface area contributed by atoms with E-state index in [0.717, 1.165) is 25.2 Å². The number of ether oxygens (including phenoxy) is 3. The molecule has 1 aromatic carbocycles. The number of hydrogen-bond donors (Lipinski definition) is 1. The first-order valence-corrected chi connectivity index (χ1v) is 8.35. The standard InChI is InChI=1S/C18H27NO4/c1-4-5-6-7-12-21-17(20)19-14-8-10-15(11-9-14)23-18(2,3)16-13-22-16/h8-11,16H,4-7,12-13H2,1-3H3,(H,19,20). The van der Waals surface area contributed by atoms with E-state index in [4.69, 9.17) is 14.2 Å². The van der Waals surface area contributed by atoms with Crippen LogP contribution in [0, 0.1) is 0 Å². The van der Waals surface area contributed by atoms with Crippen LogP contribution >= 0.6 is 0 Å². The molecular formula is C18H27NO4. The number of unbranched alkanes of at least 4 members (excludes halogenated alkanes) is 3. The molecule has 5 nitrogen and oxygen atoms in total. The molecule has 0 saturated carbocycles. The first-order valence-electron chi connectivity index (χ1n) is 8.35. The fourth-order valence-corrected chi connectivity index (χ4v) is 2.27. The average molecular weight is 321 g/mol. The molecule has 1 saturated heterocycles. The van der Waals surface area contributed by atoms with Gasteiger partial charge in [-0.15, -0.1) is 0 Å². The van der Waals surface area contributed by atoms with Crippen molar-refractivity contribution in [2.45, 2.75) is 58.2 Å². The summed E-state index contributed by atoms with van der Waals surface area (Å²) in [6.45, 7) is 7.37. The van der Waals surface area contributed by atoms with Crippen molar-refractivity contribution in [1.29, 1.82) is 0 Å². The summed E-state index contributed by atoms with van der Waals surface area (Å²) in [5.41, 5.74) is 0.350. The van der Waals surface area contributed by atoms with E-state index in [0.29, 0.717) is 12.3 Å². The Labute approximate surface area is 138 Å². The quantitative estimate of drug-likeness (QED) is 0.542. The number of carbonyl (C=O) groups is 1. The van der Waals surface area contributed by atoms with Crippen molar-refractivity contribution in [3.63, 3.8) is 0 Å². The van der Waals surface area contributed by atoms with Crippen LogP contribution in [0.2, 0.25) is 0 Å². The lowest BCUT2D eigenvalue weighted by atomic mass is 10.1. The van der Waals surface area contributed by atoms with Crippen molar-refractivity contribution in [1.82, 2.24) is 0 Å². The summed E-state index contributed by atoms with van der Waals surface area (Å²) in [5, 5.41) is 2.72. The van der Waals surface area contributed by atoms with Gasteiger partial charge in [-0.25, -0.2) is 4.79 Å². The summed E-state index contributed by atoms with van der Waals surface area (Å²) >= 11 is 0. The number of anilines is 1. The molecule has 1 aromatic rings. The van der Waals surface area contributed by atoms with Gasteiger partial charge in [0.1, 0.15) is 17.5 Å². The summed E-state index contributed by atoms with van der Waals surface area (Å²) in [6, 6.07) is 7.27. The molecule has 1 aliphatic rings. The van der Waals surface area contributed by atoms with E-state index >= 15 is 0 Å². The predicted octanol–water partition coefficient (Wildman–Crippen LogP) is 4.37. The van der Waals surface area contributed by atoms with Crippen molar-refractivity contribution in [2.24, 2.45) is 0 Å². The highest BCUT2D eigenvalue weighted by Crippen LogP contribution is 2.30. The zero-order valence-corrected chi connectivity index (χ0v) is 14.3. The van der Waals surface area contributed by atoms with Gasteiger partial charge in [0.15, 0.2) is 0 Å². The molecule has 0 aliphatic carbocycles. The number of nitrogens with one attached hydrogen (secondary N) is 1. The Bertz CT molecular complexity index is 494. The van der Waals surface area contributed by atoms with Crippen LogP contribution in [0.25, 0.3) is 0 Å². The summed E-state index contributed by atoms with van der Waals surface area (Å²) in [4.78, 5) is 11.7. The molecule has 0 bridgehead atoms. The number of epoxide rings is 1. The molecule has 1 unspecified atom stereocenters. The van der Waals surface area contributed by atoms with Gasteiger partial charge in [0.2, 0.25) is 0 Å². The number of carbonyl (C=O) groups excluding carboxylic acids is 1. The van der Waals surface area contributed by atoms with Crippen molar-refractivity contribution in [3.8, 4) is 5.75 Å². The van der Waals surface area contributed by atoms with Gasteiger partial charge in [-0.3, -0.25) is 5.32 Å². The Morgan fingerprint density at radius 1 is 1.26 bits per heavy atom. The lowest BCUT2D eigenvalue weighted by Crippen LogP contribution is -2.34. The highest BCUT2D eigenvalue weighted by molar-refractivity contribution is 5.84. The van der Waals surface area contributed by atoms with Gasteiger partial charge in [0.25, 0.3) is 0 Å². The lowest BCUT2D eigenvalue weighted by molar-refractivity contribution is 0.0744. The van der Waals surface area contributed by atoms with E-state index in [9.17, 15) is 4.79 Å². The molecule has 1 N–H and O–H groups in total. The minimum absolute atomic E-state index is 0.156. The normalized spacial score (nSPS) is 16.7. The zero-order valence-electron chi connectivity index (χ0n) is 14.3. The van der Waals surface area contributed by atoms with Gasteiger partial charge in [-0.05, 0) is 44.5 Å². The van der Waals surface area contributed by atoms with E-state index in [1.807, 2.05) is 26.0 Å². The number of rotatable bonds is 9. The fourth-order valence-electron chi connectivity index (χ4n) is 2.27. The Morgan fingerprint density at radius 2 is 1.96 bits per heavy atom. The molecule has 1 fully saturated rings. The van der Waals surface area contributed by atoms with E-state index in [1.54, 1.807) is 12.1 Å². The maximum absolute atomic E-state index is 11.7. The maximum Gasteiger partial charge on any atom is 0.411 e. The van der Waals surface area contributed by atoms with Crippen LogP contribution in [-0.4, -0.2) is 31.0 Å². The summed E-state index contributed by atoms with van der Waals surface area (Å²) in [6.07, 6.45) is 4.09. The van der Waals surface area contributed by atoms with E-state index in [2.05, 4.69) is 12.2 Å². The Kier molecular flexibility index (Phi) is 6.28. The van der Waals surface area contributed by atoms with Crippen molar-refractivity contribution < 1.29 is 19.0 Å². The summed E-state index contributed by atoms with van der Waals surface area (Å²) in [5.74, 6) is 0.754. The molecule has 0 spiro atoms. The molecule has 23 heavy (non-hydrogen) atoms. The van der Waals surface area contributed by atoms with E-state index in [1.165, 1.54) is 12.8 Å². The molecule has 5 heteroatoms. The van der Waals surface area contributed by atoms with Crippen molar-refractivity contribution in [2.75, 3.05) is 18.5 Å². The van der Waals surface area contributed by atoms with Gasteiger partial charge in [0.05, 0.1) is 13.2 Å². The Balaban J connectivity index is 1.72. The largest absolute Gasteiger partial charge is 0.485 e. The van der Waals surface area contributed by atoms with Crippen molar-refractivity contribution >= 4 is 11.8 Å². The van der Waals surface area contributed by atoms with Crippen LogP contribution in [0.5, 0.6) is 5.75 Å². The smallest absolute Gasteiger partial charge is 0.411 e. The monoisotopic (exact) mass is 321 g/mol. The fraction of sp³-hybridized carbons (Fsp3) is 0.611. The highest BCUT2D eigenvalue weighted by Gasteiger charge is 2.41. The third-order valence-corrected chi connectivity index (χ3v) is 3.82. The van der Waals surface area contributed by atoms with Crippen LogP contribution in [0.15, 0.2) is 24.3 Å². The van der Waals surface area contributed by atoms with Gasteiger partial charge >= 0.3 is 6.09 Å². The minimum atomic E-state index is -0.415. The van der Waals surface area contributed by atoms with E-state index in [-0.39, 0.29) is 11.7 Å². The minimum Gasteiger partial charge on any atom is -0.485 e. The number of benzene rings is 1. The third kappa shape index (κ3) is 6.10. The Morgan fingerprint density at radius 3 is 2.57 bits per heavy atom.